The van der Waals surface area contributed by atoms with Crippen molar-refractivity contribution in [1.82, 2.24) is 14.8 Å². The maximum absolute atomic E-state index is 12.4. The van der Waals surface area contributed by atoms with Crippen molar-refractivity contribution in [1.29, 1.82) is 0 Å². The number of carbonyl (C=O) groups is 1. The summed E-state index contributed by atoms with van der Waals surface area (Å²) in [6.07, 6.45) is 2.25. The second-order valence-corrected chi connectivity index (χ2v) is 6.07. The molecule has 1 aromatic rings. The lowest BCUT2D eigenvalue weighted by Gasteiger charge is -2.36. The van der Waals surface area contributed by atoms with E-state index in [9.17, 15) is 4.79 Å². The molecular weight excluding hydrogens is 266 g/mol. The van der Waals surface area contributed by atoms with E-state index in [0.29, 0.717) is 0 Å². The van der Waals surface area contributed by atoms with Crippen LogP contribution in [-0.4, -0.2) is 47.7 Å². The van der Waals surface area contributed by atoms with Crippen molar-refractivity contribution in [2.45, 2.75) is 45.4 Å². The highest BCUT2D eigenvalue weighted by atomic mass is 16.5. The number of aromatic nitrogens is 1. The largest absolute Gasteiger partial charge is 0.368 e. The van der Waals surface area contributed by atoms with E-state index in [0.717, 1.165) is 39.0 Å². The van der Waals surface area contributed by atoms with Gasteiger partial charge >= 0.3 is 0 Å². The van der Waals surface area contributed by atoms with Gasteiger partial charge in [0, 0.05) is 24.5 Å². The molecule has 5 heteroatoms. The topological polar surface area (TPSA) is 46.5 Å². The van der Waals surface area contributed by atoms with Crippen LogP contribution in [0.4, 0.5) is 0 Å². The van der Waals surface area contributed by atoms with Crippen molar-refractivity contribution in [3.8, 4) is 0 Å². The number of rotatable bonds is 3. The minimum absolute atomic E-state index is 0.117. The van der Waals surface area contributed by atoms with E-state index < -0.39 is 0 Å². The zero-order valence-electron chi connectivity index (χ0n) is 13.0. The summed E-state index contributed by atoms with van der Waals surface area (Å²) in [6, 6.07) is 4.40. The van der Waals surface area contributed by atoms with E-state index >= 15 is 0 Å². The van der Waals surface area contributed by atoms with E-state index in [1.807, 2.05) is 4.90 Å². The number of fused-ring (bicyclic) bond motifs is 1. The average molecular weight is 291 g/mol. The van der Waals surface area contributed by atoms with Crippen molar-refractivity contribution >= 4 is 5.91 Å². The molecule has 0 aliphatic carbocycles. The van der Waals surface area contributed by atoms with Gasteiger partial charge in [0.15, 0.2) is 0 Å². The van der Waals surface area contributed by atoms with Crippen molar-refractivity contribution in [2.75, 3.05) is 26.2 Å². The maximum atomic E-state index is 12.4. The molecule has 1 atom stereocenters. The summed E-state index contributed by atoms with van der Waals surface area (Å²) in [5.74, 6) is 0.117. The Bertz CT molecular complexity index is 506. The molecule has 1 fully saturated rings. The van der Waals surface area contributed by atoms with Gasteiger partial charge in [0.2, 0.25) is 5.91 Å². The summed E-state index contributed by atoms with van der Waals surface area (Å²) in [6.45, 7) is 8.09. The first-order valence-corrected chi connectivity index (χ1v) is 7.94. The molecule has 2 aliphatic rings. The predicted molar refractivity (Wildman–Crippen MR) is 81.1 cm³/mol. The first kappa shape index (κ1) is 14.6. The summed E-state index contributed by atoms with van der Waals surface area (Å²) < 4.78 is 8.11. The monoisotopic (exact) mass is 291 g/mol. The standard InChI is InChI=1S/C16H25N3O2/c1-12-3-4-15-13(2)19(10-9-18(12)15)16(20)11-21-14-5-7-17-8-6-14/h3-4,13-14,17H,5-11H2,1-2H3. The number of aryl methyl sites for hydroxylation is 1. The highest BCUT2D eigenvalue weighted by Crippen LogP contribution is 2.27. The molecule has 5 nitrogen and oxygen atoms in total. The summed E-state index contributed by atoms with van der Waals surface area (Å²) in [5, 5.41) is 3.31. The number of amides is 1. The second-order valence-electron chi connectivity index (χ2n) is 6.07. The molecule has 0 aromatic carbocycles. The fourth-order valence-electron chi connectivity index (χ4n) is 3.40. The van der Waals surface area contributed by atoms with Crippen LogP contribution >= 0.6 is 0 Å². The van der Waals surface area contributed by atoms with Crippen LogP contribution < -0.4 is 5.32 Å². The van der Waals surface area contributed by atoms with Crippen LogP contribution in [-0.2, 0) is 16.1 Å². The molecule has 1 N–H and O–H groups in total. The van der Waals surface area contributed by atoms with Crippen LogP contribution in [0.25, 0.3) is 0 Å². The molecule has 3 rings (SSSR count). The van der Waals surface area contributed by atoms with Gasteiger partial charge in [-0.05, 0) is 51.9 Å². The molecule has 2 aliphatic heterocycles. The number of carbonyl (C=O) groups excluding carboxylic acids is 1. The Kier molecular flexibility index (Phi) is 4.31. The highest BCUT2D eigenvalue weighted by molar-refractivity contribution is 5.78. The summed E-state index contributed by atoms with van der Waals surface area (Å²) in [5.41, 5.74) is 2.50. The van der Waals surface area contributed by atoms with Crippen molar-refractivity contribution < 1.29 is 9.53 Å². The third kappa shape index (κ3) is 2.99. The molecule has 21 heavy (non-hydrogen) atoms. The molecule has 0 radical (unpaired) electrons. The van der Waals surface area contributed by atoms with Crippen LogP contribution in [0.2, 0.25) is 0 Å². The van der Waals surface area contributed by atoms with Crippen LogP contribution in [0.3, 0.4) is 0 Å². The quantitative estimate of drug-likeness (QED) is 0.917. The fourth-order valence-corrected chi connectivity index (χ4v) is 3.40. The Morgan fingerprint density at radius 1 is 1.33 bits per heavy atom. The number of nitrogens with one attached hydrogen (secondary N) is 1. The number of ether oxygens (including phenoxy) is 1. The van der Waals surface area contributed by atoms with Gasteiger partial charge in [-0.1, -0.05) is 0 Å². The van der Waals surface area contributed by atoms with Gasteiger partial charge in [-0.15, -0.1) is 0 Å². The zero-order chi connectivity index (χ0) is 14.8. The number of piperidine rings is 1. The molecule has 0 bridgehead atoms. The minimum atomic E-state index is 0.117. The Labute approximate surface area is 126 Å². The Hall–Kier alpha value is -1.33. The zero-order valence-corrected chi connectivity index (χ0v) is 13.0. The molecule has 1 amide bonds. The van der Waals surface area contributed by atoms with Gasteiger partial charge in [0.1, 0.15) is 6.61 Å². The summed E-state index contributed by atoms with van der Waals surface area (Å²) in [7, 11) is 0. The molecule has 1 saturated heterocycles. The van der Waals surface area contributed by atoms with Gasteiger partial charge in [0.05, 0.1) is 12.1 Å². The Balaban J connectivity index is 1.58. The van der Waals surface area contributed by atoms with Gasteiger partial charge < -0.3 is 19.5 Å². The van der Waals surface area contributed by atoms with E-state index in [1.54, 1.807) is 0 Å². The molecule has 0 saturated carbocycles. The van der Waals surface area contributed by atoms with Crippen LogP contribution in [0.1, 0.15) is 37.2 Å². The van der Waals surface area contributed by atoms with Crippen LogP contribution in [0.5, 0.6) is 0 Å². The average Bonchev–Trinajstić information content (AvgIpc) is 2.89. The number of nitrogens with zero attached hydrogens (tertiary/aromatic N) is 2. The van der Waals surface area contributed by atoms with Gasteiger partial charge in [0.25, 0.3) is 0 Å². The van der Waals surface area contributed by atoms with Gasteiger partial charge in [-0.25, -0.2) is 0 Å². The first-order chi connectivity index (χ1) is 10.2. The SMILES string of the molecule is Cc1ccc2n1CCN(C(=O)COC1CCNCC1)C2C. The molecule has 116 valence electrons. The normalized spacial score (nSPS) is 23.1. The van der Waals surface area contributed by atoms with E-state index in [-0.39, 0.29) is 24.7 Å². The predicted octanol–water partition coefficient (Wildman–Crippen LogP) is 1.47. The van der Waals surface area contributed by atoms with Gasteiger partial charge in [-0.2, -0.15) is 0 Å². The Morgan fingerprint density at radius 2 is 2.10 bits per heavy atom. The third-order valence-corrected chi connectivity index (χ3v) is 4.74. The van der Waals surface area contributed by atoms with E-state index in [1.165, 1.54) is 11.4 Å². The molecular formula is C16H25N3O2. The maximum Gasteiger partial charge on any atom is 0.249 e. The molecule has 1 aromatic heterocycles. The van der Waals surface area contributed by atoms with E-state index in [2.05, 4.69) is 35.9 Å². The molecule has 1 unspecified atom stereocenters. The number of hydrogen-bond donors (Lipinski definition) is 1. The Morgan fingerprint density at radius 3 is 2.86 bits per heavy atom. The van der Waals surface area contributed by atoms with Crippen LogP contribution in [0.15, 0.2) is 12.1 Å². The van der Waals surface area contributed by atoms with Crippen molar-refractivity contribution in [3.63, 3.8) is 0 Å². The summed E-state index contributed by atoms with van der Waals surface area (Å²) >= 11 is 0. The number of hydrogen-bond acceptors (Lipinski definition) is 3. The van der Waals surface area contributed by atoms with E-state index in [4.69, 9.17) is 4.74 Å². The smallest absolute Gasteiger partial charge is 0.249 e. The van der Waals surface area contributed by atoms with Crippen molar-refractivity contribution in [2.24, 2.45) is 0 Å². The lowest BCUT2D eigenvalue weighted by Crippen LogP contribution is -2.43. The second kappa shape index (κ2) is 6.20. The van der Waals surface area contributed by atoms with Crippen LogP contribution in [0, 0.1) is 6.92 Å². The highest BCUT2D eigenvalue weighted by Gasteiger charge is 2.28. The molecule has 3 heterocycles. The third-order valence-electron chi connectivity index (χ3n) is 4.74. The lowest BCUT2D eigenvalue weighted by atomic mass is 10.1. The molecule has 0 spiro atoms. The van der Waals surface area contributed by atoms with Gasteiger partial charge in [-0.3, -0.25) is 4.79 Å². The minimum Gasteiger partial charge on any atom is -0.368 e. The first-order valence-electron chi connectivity index (χ1n) is 7.94. The lowest BCUT2D eigenvalue weighted by molar-refractivity contribution is -0.142. The fraction of sp³-hybridized carbons (Fsp3) is 0.688. The summed E-state index contributed by atoms with van der Waals surface area (Å²) in [4.78, 5) is 14.4. The van der Waals surface area contributed by atoms with Crippen molar-refractivity contribution in [3.05, 3.63) is 23.5 Å².